The topological polar surface area (TPSA) is 68.8 Å². The van der Waals surface area contributed by atoms with Crippen molar-refractivity contribution >= 4 is 23.3 Å². The highest BCUT2D eigenvalue weighted by molar-refractivity contribution is 6.32. The summed E-state index contributed by atoms with van der Waals surface area (Å²) in [6.07, 6.45) is 0.683. The molecule has 7 heteroatoms. The second-order valence-electron chi connectivity index (χ2n) is 5.95. The predicted octanol–water partition coefficient (Wildman–Crippen LogP) is 3.44. The van der Waals surface area contributed by atoms with Crippen molar-refractivity contribution in [2.75, 3.05) is 19.0 Å². The van der Waals surface area contributed by atoms with Crippen molar-refractivity contribution in [3.05, 3.63) is 23.2 Å². The molecule has 3 atom stereocenters. The average molecular weight is 357 g/mol. The summed E-state index contributed by atoms with van der Waals surface area (Å²) in [4.78, 5) is 12.1. The zero-order chi connectivity index (χ0) is 17.7. The molecule has 2 rings (SSSR count). The molecule has 0 unspecified atom stereocenters. The van der Waals surface area contributed by atoms with E-state index >= 15 is 0 Å². The van der Waals surface area contributed by atoms with Crippen LogP contribution in [0.2, 0.25) is 5.02 Å². The maximum Gasteiger partial charge on any atom is 0.319 e. The highest BCUT2D eigenvalue weighted by atomic mass is 35.5. The maximum atomic E-state index is 12.1. The van der Waals surface area contributed by atoms with Crippen LogP contribution in [0.4, 0.5) is 10.5 Å². The van der Waals surface area contributed by atoms with Gasteiger partial charge in [-0.3, -0.25) is 0 Å². The number of ether oxygens (including phenoxy) is 3. The van der Waals surface area contributed by atoms with E-state index in [1.165, 1.54) is 0 Å². The van der Waals surface area contributed by atoms with Crippen LogP contribution in [0.25, 0.3) is 0 Å². The summed E-state index contributed by atoms with van der Waals surface area (Å²) < 4.78 is 16.5. The SMILES string of the molecule is CCO[C@@H]1C[C@H](NC(=O)Nc2ccc(OC(C)C)c(Cl)c2)[C@H]1OC. The monoisotopic (exact) mass is 356 g/mol. The molecule has 24 heavy (non-hydrogen) atoms. The van der Waals surface area contributed by atoms with Gasteiger partial charge < -0.3 is 24.8 Å². The molecule has 2 amide bonds. The van der Waals surface area contributed by atoms with Crippen molar-refractivity contribution in [1.82, 2.24) is 5.32 Å². The summed E-state index contributed by atoms with van der Waals surface area (Å²) in [6, 6.07) is 4.79. The van der Waals surface area contributed by atoms with Gasteiger partial charge in [0.1, 0.15) is 11.9 Å². The van der Waals surface area contributed by atoms with E-state index in [9.17, 15) is 4.79 Å². The van der Waals surface area contributed by atoms with Gasteiger partial charge in [0.05, 0.1) is 23.3 Å². The number of nitrogens with one attached hydrogen (secondary N) is 2. The lowest BCUT2D eigenvalue weighted by molar-refractivity contribution is -0.128. The fourth-order valence-corrected chi connectivity index (χ4v) is 2.90. The third-order valence-electron chi connectivity index (χ3n) is 3.77. The van der Waals surface area contributed by atoms with Crippen LogP contribution in [0.15, 0.2) is 18.2 Å². The fraction of sp³-hybridized carbons (Fsp3) is 0.588. The molecule has 1 saturated carbocycles. The van der Waals surface area contributed by atoms with Crippen LogP contribution in [0.5, 0.6) is 5.75 Å². The number of benzene rings is 1. The molecule has 1 aliphatic rings. The van der Waals surface area contributed by atoms with E-state index in [1.54, 1.807) is 25.3 Å². The Morgan fingerprint density at radius 2 is 2.17 bits per heavy atom. The van der Waals surface area contributed by atoms with Crippen LogP contribution in [-0.2, 0) is 9.47 Å². The summed E-state index contributed by atoms with van der Waals surface area (Å²) in [7, 11) is 1.62. The van der Waals surface area contributed by atoms with Crippen LogP contribution in [0.3, 0.4) is 0 Å². The van der Waals surface area contributed by atoms with Crippen molar-refractivity contribution in [3.63, 3.8) is 0 Å². The normalized spacial score (nSPS) is 22.8. The molecular weight excluding hydrogens is 332 g/mol. The van der Waals surface area contributed by atoms with Gasteiger partial charge in [0.15, 0.2) is 0 Å². The minimum atomic E-state index is -0.300. The van der Waals surface area contributed by atoms with Crippen molar-refractivity contribution in [2.24, 2.45) is 0 Å². The molecule has 0 bridgehead atoms. The molecule has 6 nitrogen and oxygen atoms in total. The Kier molecular flexibility index (Phi) is 6.71. The van der Waals surface area contributed by atoms with Gasteiger partial charge in [-0.15, -0.1) is 0 Å². The molecule has 134 valence electrons. The number of hydrogen-bond donors (Lipinski definition) is 2. The van der Waals surface area contributed by atoms with E-state index in [0.717, 1.165) is 6.42 Å². The molecule has 0 saturated heterocycles. The van der Waals surface area contributed by atoms with E-state index in [2.05, 4.69) is 10.6 Å². The van der Waals surface area contributed by atoms with Crippen molar-refractivity contribution in [1.29, 1.82) is 0 Å². The van der Waals surface area contributed by atoms with Gasteiger partial charge >= 0.3 is 6.03 Å². The Morgan fingerprint density at radius 3 is 2.75 bits per heavy atom. The summed E-state index contributed by atoms with van der Waals surface area (Å²) in [6.45, 7) is 6.43. The molecule has 2 N–H and O–H groups in total. The Morgan fingerprint density at radius 1 is 1.42 bits per heavy atom. The van der Waals surface area contributed by atoms with Crippen molar-refractivity contribution in [3.8, 4) is 5.75 Å². The van der Waals surface area contributed by atoms with Gasteiger partial charge in [0.2, 0.25) is 0 Å². The Hall–Kier alpha value is -1.50. The van der Waals surface area contributed by atoms with Crippen LogP contribution in [0, 0.1) is 0 Å². The maximum absolute atomic E-state index is 12.1. The number of hydrogen-bond acceptors (Lipinski definition) is 4. The second-order valence-corrected chi connectivity index (χ2v) is 6.35. The van der Waals surface area contributed by atoms with Gasteiger partial charge in [-0.2, -0.15) is 0 Å². The number of carbonyl (C=O) groups is 1. The number of halogens is 1. The molecule has 0 aliphatic heterocycles. The fourth-order valence-electron chi connectivity index (χ4n) is 2.68. The van der Waals surface area contributed by atoms with Gasteiger partial charge in [0, 0.05) is 19.4 Å². The van der Waals surface area contributed by atoms with Gasteiger partial charge in [-0.05, 0) is 45.4 Å². The van der Waals surface area contributed by atoms with E-state index in [0.29, 0.717) is 23.1 Å². The summed E-state index contributed by atoms with van der Waals surface area (Å²) in [5, 5.41) is 6.11. The minimum Gasteiger partial charge on any atom is -0.489 e. The highest BCUT2D eigenvalue weighted by Gasteiger charge is 2.42. The number of urea groups is 1. The summed E-state index contributed by atoms with van der Waals surface area (Å²) in [5.41, 5.74) is 0.600. The molecule has 1 fully saturated rings. The molecule has 0 heterocycles. The lowest BCUT2D eigenvalue weighted by Crippen LogP contribution is -2.61. The Labute approximate surface area is 147 Å². The van der Waals surface area contributed by atoms with Crippen LogP contribution >= 0.6 is 11.6 Å². The van der Waals surface area contributed by atoms with Crippen molar-refractivity contribution in [2.45, 2.75) is 51.5 Å². The smallest absolute Gasteiger partial charge is 0.319 e. The first-order valence-corrected chi connectivity index (χ1v) is 8.50. The molecule has 1 aliphatic carbocycles. The number of anilines is 1. The number of amides is 2. The first-order chi connectivity index (χ1) is 11.4. The number of carbonyl (C=O) groups excluding carboxylic acids is 1. The molecular formula is C17H25ClN2O4. The van der Waals surface area contributed by atoms with E-state index in [4.69, 9.17) is 25.8 Å². The zero-order valence-corrected chi connectivity index (χ0v) is 15.2. The minimum absolute atomic E-state index is 0.0345. The van der Waals surface area contributed by atoms with Gasteiger partial charge in [-0.1, -0.05) is 11.6 Å². The average Bonchev–Trinajstić information content (AvgIpc) is 2.49. The Balaban J connectivity index is 1.88. The van der Waals surface area contributed by atoms with Crippen LogP contribution in [0.1, 0.15) is 27.2 Å². The van der Waals surface area contributed by atoms with Gasteiger partial charge in [-0.25, -0.2) is 4.79 Å². The quantitative estimate of drug-likeness (QED) is 0.785. The number of rotatable bonds is 7. The molecule has 0 radical (unpaired) electrons. The molecule has 0 aromatic heterocycles. The standard InChI is InChI=1S/C17H25ClN2O4/c1-5-23-15-9-13(16(15)22-4)20-17(21)19-11-6-7-14(12(18)8-11)24-10(2)3/h6-8,10,13,15-16H,5,9H2,1-4H3,(H2,19,20,21)/t13-,15+,16+/m0/s1. The lowest BCUT2D eigenvalue weighted by atomic mass is 9.85. The third-order valence-corrected chi connectivity index (χ3v) is 4.07. The molecule has 1 aromatic rings. The summed E-state index contributed by atoms with van der Waals surface area (Å²) >= 11 is 6.17. The summed E-state index contributed by atoms with van der Waals surface area (Å²) in [5.74, 6) is 0.593. The Bertz CT molecular complexity index is 568. The zero-order valence-electron chi connectivity index (χ0n) is 14.5. The first kappa shape index (κ1) is 18.8. The molecule has 0 spiro atoms. The second kappa shape index (κ2) is 8.55. The largest absolute Gasteiger partial charge is 0.489 e. The van der Waals surface area contributed by atoms with E-state index in [1.807, 2.05) is 20.8 Å². The van der Waals surface area contributed by atoms with E-state index < -0.39 is 0 Å². The van der Waals surface area contributed by atoms with Gasteiger partial charge in [0.25, 0.3) is 0 Å². The third kappa shape index (κ3) is 4.75. The van der Waals surface area contributed by atoms with Crippen LogP contribution < -0.4 is 15.4 Å². The number of methoxy groups -OCH3 is 1. The van der Waals surface area contributed by atoms with Crippen molar-refractivity contribution < 1.29 is 19.0 Å². The first-order valence-electron chi connectivity index (χ1n) is 8.12. The molecule has 1 aromatic carbocycles. The van der Waals surface area contributed by atoms with E-state index in [-0.39, 0.29) is 30.4 Å². The lowest BCUT2D eigenvalue weighted by Gasteiger charge is -2.43. The predicted molar refractivity (Wildman–Crippen MR) is 94.0 cm³/mol. The van der Waals surface area contributed by atoms with Crippen LogP contribution in [-0.4, -0.2) is 44.1 Å². The highest BCUT2D eigenvalue weighted by Crippen LogP contribution is 2.29.